The van der Waals surface area contributed by atoms with Crippen molar-refractivity contribution in [2.45, 2.75) is 24.8 Å². The van der Waals surface area contributed by atoms with E-state index in [1.165, 1.54) is 10.0 Å². The summed E-state index contributed by atoms with van der Waals surface area (Å²) >= 11 is 3.60. The second kappa shape index (κ2) is 6.50. The Hall–Kier alpha value is -0.420. The minimum atomic E-state index is 0.476. The molecule has 3 nitrogen and oxygen atoms in total. The lowest BCUT2D eigenvalue weighted by Crippen LogP contribution is -2.40. The van der Waals surface area contributed by atoms with Gasteiger partial charge in [-0.3, -0.25) is 4.84 Å². The van der Waals surface area contributed by atoms with E-state index >= 15 is 0 Å². The molecular formula is C13H18BrNO2. The smallest absolute Gasteiger partial charge is 0.0915 e. The van der Waals surface area contributed by atoms with Gasteiger partial charge in [-0.1, -0.05) is 34.1 Å². The summed E-state index contributed by atoms with van der Waals surface area (Å²) in [5.74, 6) is 0.647. The van der Waals surface area contributed by atoms with Crippen LogP contribution in [0.5, 0.6) is 0 Å². The lowest BCUT2D eigenvalue weighted by atomic mass is 9.76. The Kier molecular flexibility index (Phi) is 4.98. The first-order valence-electron chi connectivity index (χ1n) is 5.92. The van der Waals surface area contributed by atoms with Gasteiger partial charge in [-0.15, -0.1) is 0 Å². The first kappa shape index (κ1) is 13.0. The summed E-state index contributed by atoms with van der Waals surface area (Å²) in [6.07, 6.45) is 2.27. The van der Waals surface area contributed by atoms with Crippen LogP contribution in [0, 0.1) is 0 Å². The van der Waals surface area contributed by atoms with Gasteiger partial charge >= 0.3 is 0 Å². The van der Waals surface area contributed by atoms with Gasteiger partial charge in [0, 0.05) is 17.6 Å². The zero-order valence-corrected chi connectivity index (χ0v) is 11.6. The Morgan fingerprint density at radius 1 is 1.29 bits per heavy atom. The highest BCUT2D eigenvalue weighted by Gasteiger charge is 2.31. The summed E-state index contributed by atoms with van der Waals surface area (Å²) in [5.41, 5.74) is 4.48. The fourth-order valence-electron chi connectivity index (χ4n) is 2.08. The van der Waals surface area contributed by atoms with Gasteiger partial charge in [0.05, 0.1) is 13.2 Å². The average molecular weight is 300 g/mol. The quantitative estimate of drug-likeness (QED) is 0.647. The van der Waals surface area contributed by atoms with Crippen molar-refractivity contribution in [2.24, 2.45) is 0 Å². The Bertz CT molecular complexity index is 353. The summed E-state index contributed by atoms with van der Waals surface area (Å²) in [6.45, 7) is 1.24. The molecule has 0 unspecified atom stereocenters. The molecule has 0 radical (unpaired) electrons. The number of halogens is 1. The molecule has 0 bridgehead atoms. The number of hydrogen-bond donors (Lipinski definition) is 1. The summed E-state index contributed by atoms with van der Waals surface area (Å²) in [6, 6.07) is 8.91. The van der Waals surface area contributed by atoms with Gasteiger partial charge in [0.1, 0.15) is 0 Å². The van der Waals surface area contributed by atoms with Crippen LogP contribution in [0.1, 0.15) is 24.3 Å². The molecule has 1 aromatic carbocycles. The molecule has 0 aromatic heterocycles. The van der Waals surface area contributed by atoms with Crippen LogP contribution >= 0.6 is 15.9 Å². The van der Waals surface area contributed by atoms with Crippen LogP contribution in [0.3, 0.4) is 0 Å². The van der Waals surface area contributed by atoms with Crippen molar-refractivity contribution in [3.63, 3.8) is 0 Å². The number of nitrogens with one attached hydrogen (secondary N) is 1. The number of rotatable bonds is 6. The highest BCUT2D eigenvalue weighted by Crippen LogP contribution is 2.39. The van der Waals surface area contributed by atoms with Gasteiger partial charge in [0.25, 0.3) is 0 Å². The van der Waals surface area contributed by atoms with Gasteiger partial charge < -0.3 is 4.74 Å². The monoisotopic (exact) mass is 299 g/mol. The fourth-order valence-corrected chi connectivity index (χ4v) is 2.68. The summed E-state index contributed by atoms with van der Waals surface area (Å²) in [4.78, 5) is 5.31. The van der Waals surface area contributed by atoms with Gasteiger partial charge in [-0.2, -0.15) is 5.48 Å². The number of benzene rings is 1. The second-order valence-electron chi connectivity index (χ2n) is 4.35. The van der Waals surface area contributed by atoms with E-state index in [1.54, 1.807) is 7.11 Å². The Morgan fingerprint density at radius 3 is 2.76 bits per heavy atom. The van der Waals surface area contributed by atoms with Crippen LogP contribution in [0.15, 0.2) is 28.7 Å². The van der Waals surface area contributed by atoms with Gasteiger partial charge in [0.2, 0.25) is 0 Å². The maximum atomic E-state index is 5.31. The van der Waals surface area contributed by atoms with Crippen LogP contribution in [-0.2, 0) is 9.57 Å². The van der Waals surface area contributed by atoms with Crippen LogP contribution in [0.25, 0.3) is 0 Å². The van der Waals surface area contributed by atoms with E-state index in [4.69, 9.17) is 9.57 Å². The normalized spacial score (nSPS) is 23.4. The molecule has 1 saturated carbocycles. The van der Waals surface area contributed by atoms with Crippen molar-refractivity contribution >= 4 is 15.9 Å². The van der Waals surface area contributed by atoms with Crippen molar-refractivity contribution in [3.05, 3.63) is 34.3 Å². The molecule has 17 heavy (non-hydrogen) atoms. The van der Waals surface area contributed by atoms with Crippen molar-refractivity contribution in [2.75, 3.05) is 20.3 Å². The number of hydrogen-bond acceptors (Lipinski definition) is 3. The lowest BCUT2D eigenvalue weighted by molar-refractivity contribution is -0.0303. The van der Waals surface area contributed by atoms with Gasteiger partial charge in [-0.05, 0) is 30.4 Å². The predicted molar refractivity (Wildman–Crippen MR) is 70.9 cm³/mol. The second-order valence-corrected chi connectivity index (χ2v) is 5.20. The fraction of sp³-hybridized carbons (Fsp3) is 0.538. The highest BCUT2D eigenvalue weighted by atomic mass is 79.9. The number of methoxy groups -OCH3 is 1. The van der Waals surface area contributed by atoms with Crippen LogP contribution < -0.4 is 5.48 Å². The van der Waals surface area contributed by atoms with E-state index < -0.39 is 0 Å². The topological polar surface area (TPSA) is 30.5 Å². The maximum absolute atomic E-state index is 5.31. The lowest BCUT2D eigenvalue weighted by Gasteiger charge is -2.36. The Labute approximate surface area is 111 Å². The summed E-state index contributed by atoms with van der Waals surface area (Å²) in [5, 5.41) is 0. The number of hydroxylamine groups is 1. The minimum Gasteiger partial charge on any atom is -0.382 e. The molecule has 0 heterocycles. The average Bonchev–Trinajstić information content (AvgIpc) is 2.28. The molecule has 0 amide bonds. The number of ether oxygens (including phenoxy) is 1. The van der Waals surface area contributed by atoms with Crippen molar-refractivity contribution in [3.8, 4) is 0 Å². The van der Waals surface area contributed by atoms with Crippen LogP contribution in [0.2, 0.25) is 0 Å². The van der Waals surface area contributed by atoms with Gasteiger partial charge in [-0.25, -0.2) is 0 Å². The molecular weight excluding hydrogens is 282 g/mol. The molecule has 0 atom stereocenters. The van der Waals surface area contributed by atoms with Crippen LogP contribution in [0.4, 0.5) is 0 Å². The van der Waals surface area contributed by atoms with E-state index in [2.05, 4.69) is 45.7 Å². The SMILES string of the molecule is COCCONC1CC(c2ccccc2Br)C1. The Morgan fingerprint density at radius 2 is 2.06 bits per heavy atom. The standard InChI is InChI=1S/C13H18BrNO2/c1-16-6-7-17-15-11-8-10(9-11)12-4-2-3-5-13(12)14/h2-5,10-11,15H,6-9H2,1H3. The third-order valence-electron chi connectivity index (χ3n) is 3.12. The van der Waals surface area contributed by atoms with E-state index in [0.29, 0.717) is 25.2 Å². The molecule has 1 N–H and O–H groups in total. The maximum Gasteiger partial charge on any atom is 0.0915 e. The molecule has 94 valence electrons. The minimum absolute atomic E-state index is 0.476. The van der Waals surface area contributed by atoms with E-state index in [1.807, 2.05) is 0 Å². The summed E-state index contributed by atoms with van der Waals surface area (Å²) in [7, 11) is 1.68. The zero-order chi connectivity index (χ0) is 12.1. The molecule has 0 saturated heterocycles. The van der Waals surface area contributed by atoms with Crippen molar-refractivity contribution in [1.29, 1.82) is 0 Å². The van der Waals surface area contributed by atoms with Crippen molar-refractivity contribution in [1.82, 2.24) is 5.48 Å². The molecule has 2 rings (SSSR count). The molecule has 4 heteroatoms. The first-order valence-corrected chi connectivity index (χ1v) is 6.71. The predicted octanol–water partition coefficient (Wildman–Crippen LogP) is 2.86. The van der Waals surface area contributed by atoms with Crippen LogP contribution in [-0.4, -0.2) is 26.4 Å². The first-order chi connectivity index (χ1) is 8.31. The van der Waals surface area contributed by atoms with Gasteiger partial charge in [0.15, 0.2) is 0 Å². The van der Waals surface area contributed by atoms with E-state index in [0.717, 1.165) is 12.8 Å². The third-order valence-corrected chi connectivity index (χ3v) is 3.84. The zero-order valence-electron chi connectivity index (χ0n) is 9.99. The largest absolute Gasteiger partial charge is 0.382 e. The van der Waals surface area contributed by atoms with Crippen molar-refractivity contribution < 1.29 is 9.57 Å². The van der Waals surface area contributed by atoms with E-state index in [-0.39, 0.29) is 0 Å². The highest BCUT2D eigenvalue weighted by molar-refractivity contribution is 9.10. The molecule has 1 aliphatic carbocycles. The molecule has 1 aliphatic rings. The van der Waals surface area contributed by atoms with E-state index in [9.17, 15) is 0 Å². The summed E-state index contributed by atoms with van der Waals surface area (Å²) < 4.78 is 6.12. The molecule has 1 aromatic rings. The molecule has 1 fully saturated rings. The Balaban J connectivity index is 1.70. The molecule has 0 aliphatic heterocycles. The molecule has 0 spiro atoms. The third kappa shape index (κ3) is 3.52.